The topological polar surface area (TPSA) is 46.5 Å². The maximum Gasteiger partial charge on any atom is 0.314 e. The lowest BCUT2D eigenvalue weighted by molar-refractivity contribution is -0.145. The summed E-state index contributed by atoms with van der Waals surface area (Å²) in [5, 5.41) is 9.75. The summed E-state index contributed by atoms with van der Waals surface area (Å²) in [5.41, 5.74) is 2.58. The Labute approximate surface area is 113 Å². The molecule has 1 fully saturated rings. The fourth-order valence-electron chi connectivity index (χ4n) is 3.56. The van der Waals surface area contributed by atoms with Gasteiger partial charge in [0.1, 0.15) is 5.75 Å². The van der Waals surface area contributed by atoms with E-state index in [1.807, 2.05) is 13.0 Å². The van der Waals surface area contributed by atoms with Crippen LogP contribution in [0, 0.1) is 6.92 Å². The van der Waals surface area contributed by atoms with Gasteiger partial charge in [-0.05, 0) is 36.5 Å². The van der Waals surface area contributed by atoms with E-state index in [0.29, 0.717) is 0 Å². The van der Waals surface area contributed by atoms with E-state index in [-0.39, 0.29) is 0 Å². The summed E-state index contributed by atoms with van der Waals surface area (Å²) in [6, 6.07) is 4.11. The molecule has 0 bridgehead atoms. The van der Waals surface area contributed by atoms with Crippen LogP contribution >= 0.6 is 0 Å². The molecule has 0 spiro atoms. The minimum Gasteiger partial charge on any atom is -0.493 e. The molecule has 102 valence electrons. The highest BCUT2D eigenvalue weighted by Crippen LogP contribution is 2.42. The second kappa shape index (κ2) is 4.55. The number of carboxylic acids is 1. The Bertz CT molecular complexity index is 513. The highest BCUT2D eigenvalue weighted by Gasteiger charge is 2.42. The molecule has 1 saturated carbocycles. The van der Waals surface area contributed by atoms with Gasteiger partial charge in [0, 0.05) is 6.42 Å². The number of carbonyl (C=O) groups is 1. The highest BCUT2D eigenvalue weighted by molar-refractivity contribution is 5.82. The molecule has 1 N–H and O–H groups in total. The van der Waals surface area contributed by atoms with Gasteiger partial charge in [0.25, 0.3) is 0 Å². The molecule has 1 aliphatic carbocycles. The Morgan fingerprint density at radius 3 is 2.68 bits per heavy atom. The SMILES string of the molecule is Cc1cc(C2(C(=O)O)CCCCC2)cc2c1OCC2. The van der Waals surface area contributed by atoms with Crippen molar-refractivity contribution in [3.05, 3.63) is 28.8 Å². The molecule has 3 rings (SSSR count). The Morgan fingerprint density at radius 2 is 2.00 bits per heavy atom. The Hall–Kier alpha value is -1.51. The molecule has 0 atom stereocenters. The number of rotatable bonds is 2. The molecule has 1 aromatic rings. The Morgan fingerprint density at radius 1 is 1.26 bits per heavy atom. The minimum atomic E-state index is -0.666. The van der Waals surface area contributed by atoms with E-state index in [1.165, 1.54) is 5.56 Å². The molecular formula is C16H20O3. The molecule has 19 heavy (non-hydrogen) atoms. The zero-order valence-corrected chi connectivity index (χ0v) is 11.4. The number of hydrogen-bond donors (Lipinski definition) is 1. The van der Waals surface area contributed by atoms with Crippen molar-refractivity contribution in [1.82, 2.24) is 0 Å². The van der Waals surface area contributed by atoms with E-state index >= 15 is 0 Å². The molecule has 0 unspecified atom stereocenters. The third-order valence-electron chi connectivity index (χ3n) is 4.64. The highest BCUT2D eigenvalue weighted by atomic mass is 16.5. The van der Waals surface area contributed by atoms with Gasteiger partial charge in [0.05, 0.1) is 12.0 Å². The van der Waals surface area contributed by atoms with Crippen molar-refractivity contribution < 1.29 is 14.6 Å². The van der Waals surface area contributed by atoms with Crippen molar-refractivity contribution >= 4 is 5.97 Å². The van der Waals surface area contributed by atoms with Crippen LogP contribution in [0.1, 0.15) is 48.8 Å². The van der Waals surface area contributed by atoms with Gasteiger partial charge in [-0.1, -0.05) is 31.4 Å². The lowest BCUT2D eigenvalue weighted by Crippen LogP contribution is -2.38. The van der Waals surface area contributed by atoms with Crippen molar-refractivity contribution in [1.29, 1.82) is 0 Å². The van der Waals surface area contributed by atoms with Crippen molar-refractivity contribution in [2.75, 3.05) is 6.61 Å². The normalized spacial score (nSPS) is 20.7. The second-order valence-electron chi connectivity index (χ2n) is 5.83. The molecule has 3 heteroatoms. The van der Waals surface area contributed by atoms with E-state index in [9.17, 15) is 9.90 Å². The van der Waals surface area contributed by atoms with Gasteiger partial charge in [-0.25, -0.2) is 0 Å². The fourth-order valence-corrected chi connectivity index (χ4v) is 3.56. The van der Waals surface area contributed by atoms with Crippen molar-refractivity contribution in [3.63, 3.8) is 0 Å². The largest absolute Gasteiger partial charge is 0.493 e. The van der Waals surface area contributed by atoms with Crippen LogP contribution in [-0.2, 0) is 16.6 Å². The van der Waals surface area contributed by atoms with Gasteiger partial charge in [-0.15, -0.1) is 0 Å². The van der Waals surface area contributed by atoms with Gasteiger partial charge in [0.2, 0.25) is 0 Å². The van der Waals surface area contributed by atoms with E-state index in [0.717, 1.165) is 62.0 Å². The molecule has 1 aliphatic heterocycles. The van der Waals surface area contributed by atoms with E-state index in [1.54, 1.807) is 0 Å². The van der Waals surface area contributed by atoms with E-state index in [4.69, 9.17) is 4.74 Å². The molecule has 0 amide bonds. The third kappa shape index (κ3) is 1.92. The van der Waals surface area contributed by atoms with Crippen LogP contribution in [0.3, 0.4) is 0 Å². The van der Waals surface area contributed by atoms with Gasteiger partial charge in [-0.2, -0.15) is 0 Å². The first-order valence-corrected chi connectivity index (χ1v) is 7.14. The number of ether oxygens (including phenoxy) is 1. The van der Waals surface area contributed by atoms with Gasteiger partial charge in [-0.3, -0.25) is 4.79 Å². The predicted molar refractivity (Wildman–Crippen MR) is 72.8 cm³/mol. The number of fused-ring (bicyclic) bond motifs is 1. The van der Waals surface area contributed by atoms with E-state index < -0.39 is 11.4 Å². The van der Waals surface area contributed by atoms with Crippen molar-refractivity contribution in [2.45, 2.75) is 50.9 Å². The van der Waals surface area contributed by atoms with Gasteiger partial charge >= 0.3 is 5.97 Å². The molecular weight excluding hydrogens is 240 g/mol. The van der Waals surface area contributed by atoms with Crippen molar-refractivity contribution in [2.24, 2.45) is 0 Å². The first kappa shape index (κ1) is 12.5. The molecule has 0 saturated heterocycles. The predicted octanol–water partition coefficient (Wildman–Crippen LogP) is 3.22. The number of aliphatic carboxylic acids is 1. The number of aryl methyl sites for hydroxylation is 1. The van der Waals surface area contributed by atoms with Crippen LogP contribution in [0.4, 0.5) is 0 Å². The lowest BCUT2D eigenvalue weighted by Gasteiger charge is -2.34. The standard InChI is InChI=1S/C16H20O3/c1-11-9-13(10-12-5-8-19-14(11)12)16(15(17)18)6-3-2-4-7-16/h9-10H,2-8H2,1H3,(H,17,18). The summed E-state index contributed by atoms with van der Waals surface area (Å²) >= 11 is 0. The summed E-state index contributed by atoms with van der Waals surface area (Å²) in [5.74, 6) is 0.311. The zero-order chi connectivity index (χ0) is 13.5. The van der Waals surface area contributed by atoms with Crippen LogP contribution in [0.25, 0.3) is 0 Å². The Balaban J connectivity index is 2.08. The summed E-state index contributed by atoms with van der Waals surface area (Å²) in [4.78, 5) is 11.9. The summed E-state index contributed by atoms with van der Waals surface area (Å²) < 4.78 is 5.62. The van der Waals surface area contributed by atoms with Gasteiger partial charge < -0.3 is 9.84 Å². The van der Waals surface area contributed by atoms with Crippen LogP contribution in [0.2, 0.25) is 0 Å². The summed E-state index contributed by atoms with van der Waals surface area (Å²) in [6.07, 6.45) is 5.61. The monoisotopic (exact) mass is 260 g/mol. The lowest BCUT2D eigenvalue weighted by atomic mass is 9.69. The maximum atomic E-state index is 11.9. The molecule has 0 radical (unpaired) electrons. The van der Waals surface area contributed by atoms with Crippen LogP contribution in [-0.4, -0.2) is 17.7 Å². The average molecular weight is 260 g/mol. The van der Waals surface area contributed by atoms with E-state index in [2.05, 4.69) is 6.07 Å². The maximum absolute atomic E-state index is 11.9. The first-order chi connectivity index (χ1) is 9.13. The minimum absolute atomic E-state index is 0.662. The third-order valence-corrected chi connectivity index (χ3v) is 4.64. The molecule has 1 aromatic carbocycles. The summed E-state index contributed by atoms with van der Waals surface area (Å²) in [6.45, 7) is 2.74. The molecule has 3 nitrogen and oxygen atoms in total. The summed E-state index contributed by atoms with van der Waals surface area (Å²) in [7, 11) is 0. The molecule has 0 aromatic heterocycles. The Kier molecular flexibility index (Phi) is 3.00. The average Bonchev–Trinajstić information content (AvgIpc) is 2.88. The van der Waals surface area contributed by atoms with Crippen molar-refractivity contribution in [3.8, 4) is 5.75 Å². The fraction of sp³-hybridized carbons (Fsp3) is 0.562. The number of hydrogen-bond acceptors (Lipinski definition) is 2. The quantitative estimate of drug-likeness (QED) is 0.888. The van der Waals surface area contributed by atoms with Crippen LogP contribution < -0.4 is 4.74 Å². The molecule has 2 aliphatic rings. The number of carboxylic acid groups (broad SMARTS) is 1. The smallest absolute Gasteiger partial charge is 0.314 e. The van der Waals surface area contributed by atoms with Crippen LogP contribution in [0.5, 0.6) is 5.75 Å². The van der Waals surface area contributed by atoms with Crippen LogP contribution in [0.15, 0.2) is 12.1 Å². The molecule has 1 heterocycles. The first-order valence-electron chi connectivity index (χ1n) is 7.14. The number of benzene rings is 1. The second-order valence-corrected chi connectivity index (χ2v) is 5.83. The van der Waals surface area contributed by atoms with Gasteiger partial charge in [0.15, 0.2) is 0 Å². The zero-order valence-electron chi connectivity index (χ0n) is 11.4.